The zero-order valence-corrected chi connectivity index (χ0v) is 16.1. The van der Waals surface area contributed by atoms with Gasteiger partial charge in [-0.3, -0.25) is 9.69 Å². The Labute approximate surface area is 162 Å². The molecule has 0 bridgehead atoms. The Kier molecular flexibility index (Phi) is 7.19. The fraction of sp³-hybridized carbons (Fsp3) is 0.348. The van der Waals surface area contributed by atoms with E-state index in [2.05, 4.69) is 65.7 Å². The van der Waals surface area contributed by atoms with Gasteiger partial charge in [-0.2, -0.15) is 0 Å². The fourth-order valence-corrected chi connectivity index (χ4v) is 3.29. The van der Waals surface area contributed by atoms with Crippen molar-refractivity contribution in [2.75, 3.05) is 39.3 Å². The van der Waals surface area contributed by atoms with Crippen molar-refractivity contribution in [1.29, 1.82) is 0 Å². The molecule has 1 aliphatic heterocycles. The molecule has 1 fully saturated rings. The molecule has 2 aromatic carbocycles. The number of hydrogen-bond donors (Lipinski definition) is 1. The molecule has 3 rings (SSSR count). The van der Waals surface area contributed by atoms with Crippen LogP contribution in [-0.2, 0) is 4.79 Å². The maximum absolute atomic E-state index is 12.5. The minimum atomic E-state index is 0.180. The van der Waals surface area contributed by atoms with Gasteiger partial charge in [0.05, 0.1) is 6.54 Å². The highest BCUT2D eigenvalue weighted by Gasteiger charge is 2.20. The Morgan fingerprint density at radius 2 is 1.63 bits per heavy atom. The van der Waals surface area contributed by atoms with Crippen LogP contribution in [-0.4, -0.2) is 55.0 Å². The van der Waals surface area contributed by atoms with E-state index in [1.165, 1.54) is 11.1 Å². The Balaban J connectivity index is 1.37. The van der Waals surface area contributed by atoms with Crippen LogP contribution in [0.3, 0.4) is 0 Å². The molecule has 2 aromatic rings. The average Bonchev–Trinajstić information content (AvgIpc) is 2.73. The Bertz CT molecular complexity index is 722. The highest BCUT2D eigenvalue weighted by Crippen LogP contribution is 2.11. The van der Waals surface area contributed by atoms with Gasteiger partial charge in [-0.1, -0.05) is 72.8 Å². The average molecular weight is 364 g/mol. The number of carbonyl (C=O) groups excluding carboxylic acids is 1. The molecule has 0 saturated carbocycles. The van der Waals surface area contributed by atoms with E-state index in [1.54, 1.807) is 0 Å². The van der Waals surface area contributed by atoms with E-state index in [0.717, 1.165) is 32.7 Å². The molecule has 1 aliphatic rings. The second-order valence-corrected chi connectivity index (χ2v) is 7.01. The number of nitrogens with one attached hydrogen (secondary N) is 1. The first kappa shape index (κ1) is 19.3. The van der Waals surface area contributed by atoms with Gasteiger partial charge in [-0.25, -0.2) is 0 Å². The van der Waals surface area contributed by atoms with Crippen molar-refractivity contribution in [3.63, 3.8) is 0 Å². The Morgan fingerprint density at radius 1 is 1.00 bits per heavy atom. The van der Waals surface area contributed by atoms with Gasteiger partial charge in [0.15, 0.2) is 0 Å². The van der Waals surface area contributed by atoms with Gasteiger partial charge >= 0.3 is 0 Å². The summed E-state index contributed by atoms with van der Waals surface area (Å²) < 4.78 is 0. The van der Waals surface area contributed by atoms with Gasteiger partial charge < -0.3 is 10.2 Å². The third kappa shape index (κ3) is 6.05. The van der Waals surface area contributed by atoms with E-state index < -0.39 is 0 Å². The summed E-state index contributed by atoms with van der Waals surface area (Å²) in [4.78, 5) is 16.8. The molecule has 0 spiro atoms. The summed E-state index contributed by atoms with van der Waals surface area (Å²) in [6.45, 7) is 6.89. The SMILES string of the molecule is CC(NCC(=O)N1CCN(C/C=C/c2ccccc2)CC1)c1ccccc1. The maximum atomic E-state index is 12.5. The summed E-state index contributed by atoms with van der Waals surface area (Å²) >= 11 is 0. The number of carbonyl (C=O) groups is 1. The third-order valence-electron chi connectivity index (χ3n) is 5.06. The van der Waals surface area contributed by atoms with Crippen LogP contribution in [0.4, 0.5) is 0 Å². The zero-order chi connectivity index (χ0) is 18.9. The van der Waals surface area contributed by atoms with E-state index in [-0.39, 0.29) is 11.9 Å². The molecule has 1 heterocycles. The number of piperazine rings is 1. The molecule has 1 N–H and O–H groups in total. The van der Waals surface area contributed by atoms with Gasteiger partial charge in [0.25, 0.3) is 0 Å². The number of hydrogen-bond acceptors (Lipinski definition) is 3. The summed E-state index contributed by atoms with van der Waals surface area (Å²) in [6.07, 6.45) is 4.36. The van der Waals surface area contributed by atoms with E-state index >= 15 is 0 Å². The molecule has 0 radical (unpaired) electrons. The van der Waals surface area contributed by atoms with Crippen molar-refractivity contribution in [3.8, 4) is 0 Å². The molecule has 1 atom stereocenters. The van der Waals surface area contributed by atoms with E-state index in [4.69, 9.17) is 0 Å². The van der Waals surface area contributed by atoms with Crippen LogP contribution in [0.25, 0.3) is 6.08 Å². The van der Waals surface area contributed by atoms with Crippen LogP contribution in [0.15, 0.2) is 66.7 Å². The van der Waals surface area contributed by atoms with Crippen LogP contribution in [0, 0.1) is 0 Å². The lowest BCUT2D eigenvalue weighted by Gasteiger charge is -2.34. The van der Waals surface area contributed by atoms with Gasteiger partial charge in [0.2, 0.25) is 5.91 Å². The first-order chi connectivity index (χ1) is 13.2. The zero-order valence-electron chi connectivity index (χ0n) is 16.1. The van der Waals surface area contributed by atoms with Crippen LogP contribution < -0.4 is 5.32 Å². The van der Waals surface area contributed by atoms with Crippen LogP contribution in [0.2, 0.25) is 0 Å². The van der Waals surface area contributed by atoms with E-state index in [0.29, 0.717) is 6.54 Å². The molecule has 4 nitrogen and oxygen atoms in total. The lowest BCUT2D eigenvalue weighted by molar-refractivity contribution is -0.132. The smallest absolute Gasteiger partial charge is 0.236 e. The molecule has 1 amide bonds. The number of rotatable bonds is 7. The van der Waals surface area contributed by atoms with Crippen LogP contribution in [0.5, 0.6) is 0 Å². The van der Waals surface area contributed by atoms with Gasteiger partial charge in [-0.15, -0.1) is 0 Å². The number of benzene rings is 2. The summed E-state index contributed by atoms with van der Waals surface area (Å²) in [7, 11) is 0. The van der Waals surface area contributed by atoms with Gasteiger partial charge in [0.1, 0.15) is 0 Å². The fourth-order valence-electron chi connectivity index (χ4n) is 3.29. The highest BCUT2D eigenvalue weighted by atomic mass is 16.2. The van der Waals surface area contributed by atoms with E-state index in [9.17, 15) is 4.79 Å². The topological polar surface area (TPSA) is 35.6 Å². The van der Waals surface area contributed by atoms with Crippen molar-refractivity contribution >= 4 is 12.0 Å². The van der Waals surface area contributed by atoms with Crippen molar-refractivity contribution in [2.45, 2.75) is 13.0 Å². The second kappa shape index (κ2) is 10.0. The van der Waals surface area contributed by atoms with Crippen molar-refractivity contribution in [2.24, 2.45) is 0 Å². The standard InChI is InChI=1S/C23H29N3O/c1-20(22-12-6-3-7-13-22)24-19-23(27)26-17-15-25(16-18-26)14-8-11-21-9-4-2-5-10-21/h2-13,20,24H,14-19H2,1H3/b11-8+. The van der Waals surface area contributed by atoms with E-state index in [1.807, 2.05) is 29.2 Å². The molecular weight excluding hydrogens is 334 g/mol. The highest BCUT2D eigenvalue weighted by molar-refractivity contribution is 5.78. The van der Waals surface area contributed by atoms with Gasteiger partial charge in [0, 0.05) is 38.8 Å². The lowest BCUT2D eigenvalue weighted by Crippen LogP contribution is -2.50. The van der Waals surface area contributed by atoms with Crippen LogP contribution in [0.1, 0.15) is 24.1 Å². The molecule has 0 aliphatic carbocycles. The largest absolute Gasteiger partial charge is 0.339 e. The molecule has 27 heavy (non-hydrogen) atoms. The maximum Gasteiger partial charge on any atom is 0.236 e. The second-order valence-electron chi connectivity index (χ2n) is 7.01. The summed E-state index contributed by atoms with van der Waals surface area (Å²) in [6, 6.07) is 20.8. The minimum Gasteiger partial charge on any atom is -0.339 e. The first-order valence-corrected chi connectivity index (χ1v) is 9.72. The Hall–Kier alpha value is -2.43. The summed E-state index contributed by atoms with van der Waals surface area (Å²) in [5, 5.41) is 3.34. The number of nitrogens with zero attached hydrogens (tertiary/aromatic N) is 2. The molecular formula is C23H29N3O. The minimum absolute atomic E-state index is 0.180. The normalized spacial score (nSPS) is 16.6. The Morgan fingerprint density at radius 3 is 2.30 bits per heavy atom. The predicted molar refractivity (Wildman–Crippen MR) is 111 cm³/mol. The molecule has 1 unspecified atom stereocenters. The third-order valence-corrected chi connectivity index (χ3v) is 5.06. The molecule has 4 heteroatoms. The number of amides is 1. The summed E-state index contributed by atoms with van der Waals surface area (Å²) in [5.74, 6) is 0.192. The van der Waals surface area contributed by atoms with Gasteiger partial charge in [-0.05, 0) is 18.1 Å². The molecule has 0 aromatic heterocycles. The van der Waals surface area contributed by atoms with Crippen molar-refractivity contribution in [1.82, 2.24) is 15.1 Å². The lowest BCUT2D eigenvalue weighted by atomic mass is 10.1. The molecule has 142 valence electrons. The van der Waals surface area contributed by atoms with Crippen LogP contribution >= 0.6 is 0 Å². The van der Waals surface area contributed by atoms with Crippen molar-refractivity contribution < 1.29 is 4.79 Å². The predicted octanol–water partition coefficient (Wildman–Crippen LogP) is 3.19. The molecule has 1 saturated heterocycles. The monoisotopic (exact) mass is 363 g/mol. The van der Waals surface area contributed by atoms with Crippen molar-refractivity contribution in [3.05, 3.63) is 77.9 Å². The quantitative estimate of drug-likeness (QED) is 0.821. The first-order valence-electron chi connectivity index (χ1n) is 9.72. The summed E-state index contributed by atoms with van der Waals surface area (Å²) in [5.41, 5.74) is 2.44.